The van der Waals surface area contributed by atoms with E-state index in [0.717, 1.165) is 17.2 Å². The lowest BCUT2D eigenvalue weighted by molar-refractivity contribution is -0.385. The maximum Gasteiger partial charge on any atom is 0.287 e. The van der Waals surface area contributed by atoms with Gasteiger partial charge in [0.15, 0.2) is 0 Å². The zero-order valence-electron chi connectivity index (χ0n) is 10.4. The van der Waals surface area contributed by atoms with Crippen LogP contribution in [-0.4, -0.2) is 40.2 Å². The highest BCUT2D eigenvalue weighted by atomic mass is 32.2. The molecule has 1 aliphatic heterocycles. The number of pyridine rings is 1. The fraction of sp³-hybridized carbons (Fsp3) is 0.583. The maximum atomic E-state index is 10.5. The van der Waals surface area contributed by atoms with Crippen LogP contribution in [0.15, 0.2) is 23.4 Å². The zero-order valence-corrected chi connectivity index (χ0v) is 11.2. The van der Waals surface area contributed by atoms with Gasteiger partial charge in [-0.1, -0.05) is 0 Å². The summed E-state index contributed by atoms with van der Waals surface area (Å²) in [7, 11) is 2.17. The van der Waals surface area contributed by atoms with Crippen molar-refractivity contribution < 1.29 is 4.92 Å². The van der Waals surface area contributed by atoms with Crippen LogP contribution >= 0.6 is 11.8 Å². The van der Waals surface area contributed by atoms with Crippen LogP contribution in [0.4, 0.5) is 5.69 Å². The summed E-state index contributed by atoms with van der Waals surface area (Å²) in [6.45, 7) is 1.20. The number of nitro groups is 1. The lowest BCUT2D eigenvalue weighted by atomic mass is 10.2. The highest BCUT2D eigenvalue weighted by Gasteiger charge is 2.20. The van der Waals surface area contributed by atoms with Gasteiger partial charge in [-0.3, -0.25) is 10.1 Å². The number of hydrogen-bond acceptors (Lipinski definition) is 5. The molecule has 2 rings (SSSR count). The van der Waals surface area contributed by atoms with E-state index in [-0.39, 0.29) is 5.69 Å². The molecule has 1 aliphatic rings. The minimum Gasteiger partial charge on any atom is -0.303 e. The molecule has 1 aromatic rings. The first-order valence-corrected chi connectivity index (χ1v) is 7.09. The van der Waals surface area contributed by atoms with Crippen molar-refractivity contribution in [3.05, 3.63) is 28.4 Å². The Hall–Kier alpha value is -1.14. The van der Waals surface area contributed by atoms with Crippen LogP contribution in [0.25, 0.3) is 0 Å². The third-order valence-electron chi connectivity index (χ3n) is 3.30. The molecule has 0 saturated carbocycles. The molecule has 6 heteroatoms. The van der Waals surface area contributed by atoms with Gasteiger partial charge in [-0.25, -0.2) is 4.98 Å². The highest BCUT2D eigenvalue weighted by Crippen LogP contribution is 2.23. The molecule has 1 saturated heterocycles. The van der Waals surface area contributed by atoms with Crippen LogP contribution in [0, 0.1) is 10.1 Å². The molecule has 0 N–H and O–H groups in total. The van der Waals surface area contributed by atoms with Crippen molar-refractivity contribution in [3.63, 3.8) is 0 Å². The van der Waals surface area contributed by atoms with Crippen LogP contribution in [0.1, 0.15) is 19.3 Å². The smallest absolute Gasteiger partial charge is 0.287 e. The molecule has 0 bridgehead atoms. The predicted octanol–water partition coefficient (Wildman–Crippen LogP) is 2.57. The number of rotatable bonds is 5. The van der Waals surface area contributed by atoms with E-state index in [1.165, 1.54) is 31.6 Å². The van der Waals surface area contributed by atoms with E-state index in [9.17, 15) is 10.1 Å². The van der Waals surface area contributed by atoms with Gasteiger partial charge in [-0.05, 0) is 38.9 Å². The molecule has 98 valence electrons. The van der Waals surface area contributed by atoms with Crippen molar-refractivity contribution in [3.8, 4) is 0 Å². The second kappa shape index (κ2) is 6.15. The summed E-state index contributed by atoms with van der Waals surface area (Å²) in [4.78, 5) is 16.6. The molecular weight excluding hydrogens is 250 g/mol. The maximum absolute atomic E-state index is 10.5. The third kappa shape index (κ3) is 3.43. The van der Waals surface area contributed by atoms with E-state index < -0.39 is 4.92 Å². The van der Waals surface area contributed by atoms with E-state index >= 15 is 0 Å². The Bertz CT molecular complexity index is 410. The molecule has 1 fully saturated rings. The Morgan fingerprint density at radius 1 is 1.61 bits per heavy atom. The molecule has 0 spiro atoms. The summed E-state index contributed by atoms with van der Waals surface area (Å²) in [5.41, 5.74) is 0.0508. The summed E-state index contributed by atoms with van der Waals surface area (Å²) in [6.07, 6.45) is 5.05. The summed E-state index contributed by atoms with van der Waals surface area (Å²) >= 11 is 1.67. The Balaban J connectivity index is 1.78. The van der Waals surface area contributed by atoms with Crippen LogP contribution in [0.3, 0.4) is 0 Å². The van der Waals surface area contributed by atoms with Crippen LogP contribution in [0.2, 0.25) is 0 Å². The molecule has 1 aromatic heterocycles. The van der Waals surface area contributed by atoms with Gasteiger partial charge >= 0.3 is 0 Å². The number of aromatic nitrogens is 1. The van der Waals surface area contributed by atoms with Gasteiger partial charge in [-0.2, -0.15) is 0 Å². The van der Waals surface area contributed by atoms with Crippen molar-refractivity contribution in [2.24, 2.45) is 0 Å². The third-order valence-corrected chi connectivity index (χ3v) is 4.28. The first kappa shape index (κ1) is 13.3. The van der Waals surface area contributed by atoms with Crippen molar-refractivity contribution >= 4 is 17.4 Å². The summed E-state index contributed by atoms with van der Waals surface area (Å²) < 4.78 is 0. The van der Waals surface area contributed by atoms with Gasteiger partial charge in [0.05, 0.1) is 9.95 Å². The van der Waals surface area contributed by atoms with Gasteiger partial charge < -0.3 is 4.90 Å². The quantitative estimate of drug-likeness (QED) is 0.466. The lowest BCUT2D eigenvalue weighted by Crippen LogP contribution is -2.25. The molecule has 2 heterocycles. The van der Waals surface area contributed by atoms with Gasteiger partial charge in [0.1, 0.15) is 6.20 Å². The van der Waals surface area contributed by atoms with Crippen LogP contribution in [0.5, 0.6) is 0 Å². The Morgan fingerprint density at radius 2 is 2.44 bits per heavy atom. The van der Waals surface area contributed by atoms with Gasteiger partial charge in [0, 0.05) is 17.9 Å². The number of thioether (sulfide) groups is 1. The van der Waals surface area contributed by atoms with E-state index in [4.69, 9.17) is 0 Å². The molecule has 0 aliphatic carbocycles. The average molecular weight is 267 g/mol. The molecular formula is C12H17N3O2S. The Kier molecular flexibility index (Phi) is 4.54. The van der Waals surface area contributed by atoms with E-state index in [2.05, 4.69) is 16.9 Å². The molecule has 0 amide bonds. The van der Waals surface area contributed by atoms with Crippen LogP contribution < -0.4 is 0 Å². The van der Waals surface area contributed by atoms with Crippen molar-refractivity contribution in [1.82, 2.24) is 9.88 Å². The summed E-state index contributed by atoms with van der Waals surface area (Å²) in [6, 6.07) is 3.92. The monoisotopic (exact) mass is 267 g/mol. The summed E-state index contributed by atoms with van der Waals surface area (Å²) in [5, 5.41) is 11.4. The number of hydrogen-bond donors (Lipinski definition) is 0. The Labute approximate surface area is 111 Å². The lowest BCUT2D eigenvalue weighted by Gasteiger charge is -2.18. The van der Waals surface area contributed by atoms with Crippen molar-refractivity contribution in [2.75, 3.05) is 19.3 Å². The van der Waals surface area contributed by atoms with Crippen molar-refractivity contribution in [2.45, 2.75) is 30.3 Å². The highest BCUT2D eigenvalue weighted by molar-refractivity contribution is 7.99. The number of nitrogens with zero attached hydrogens (tertiary/aromatic N) is 3. The minimum atomic E-state index is -0.422. The fourth-order valence-corrected chi connectivity index (χ4v) is 3.10. The van der Waals surface area contributed by atoms with Gasteiger partial charge in [0.25, 0.3) is 5.69 Å². The minimum absolute atomic E-state index is 0.0508. The van der Waals surface area contributed by atoms with E-state index in [1.54, 1.807) is 17.8 Å². The Morgan fingerprint density at radius 3 is 3.00 bits per heavy atom. The first-order chi connectivity index (χ1) is 8.66. The van der Waals surface area contributed by atoms with Gasteiger partial charge in [-0.15, -0.1) is 11.8 Å². The largest absolute Gasteiger partial charge is 0.303 e. The van der Waals surface area contributed by atoms with E-state index in [0.29, 0.717) is 6.04 Å². The molecule has 0 aromatic carbocycles. The topological polar surface area (TPSA) is 59.3 Å². The molecule has 0 radical (unpaired) electrons. The van der Waals surface area contributed by atoms with Crippen molar-refractivity contribution in [1.29, 1.82) is 0 Å². The molecule has 1 unspecified atom stereocenters. The normalized spacial score (nSPS) is 20.2. The SMILES string of the molecule is CN1CCCC1CCSc1ccc([N+](=O)[O-])cn1. The summed E-state index contributed by atoms with van der Waals surface area (Å²) in [5.74, 6) is 1.01. The number of likely N-dealkylation sites (tertiary alicyclic amines) is 1. The average Bonchev–Trinajstić information content (AvgIpc) is 2.76. The second-order valence-electron chi connectivity index (χ2n) is 4.53. The fourth-order valence-electron chi connectivity index (χ4n) is 2.21. The first-order valence-electron chi connectivity index (χ1n) is 6.10. The standard InChI is InChI=1S/C12H17N3O2S/c1-14-7-2-3-10(14)6-8-18-12-5-4-11(9-13-12)15(16)17/h4-5,9-10H,2-3,6-8H2,1H3. The molecule has 18 heavy (non-hydrogen) atoms. The van der Waals surface area contributed by atoms with E-state index in [1.807, 2.05) is 0 Å². The zero-order chi connectivity index (χ0) is 13.0. The second-order valence-corrected chi connectivity index (χ2v) is 5.64. The molecule has 5 nitrogen and oxygen atoms in total. The van der Waals surface area contributed by atoms with Crippen LogP contribution in [-0.2, 0) is 0 Å². The predicted molar refractivity (Wildman–Crippen MR) is 71.9 cm³/mol. The molecule has 1 atom stereocenters. The van der Waals surface area contributed by atoms with Gasteiger partial charge in [0.2, 0.25) is 0 Å².